The van der Waals surface area contributed by atoms with Crippen molar-refractivity contribution in [2.45, 2.75) is 19.4 Å². The first-order valence-electron chi connectivity index (χ1n) is 9.42. The summed E-state index contributed by atoms with van der Waals surface area (Å²) in [4.78, 5) is 41.2. The van der Waals surface area contributed by atoms with Gasteiger partial charge in [-0.2, -0.15) is 0 Å². The molecule has 7 heteroatoms. The zero-order valence-corrected chi connectivity index (χ0v) is 15.9. The van der Waals surface area contributed by atoms with Crippen LogP contribution in [0.5, 0.6) is 0 Å². The summed E-state index contributed by atoms with van der Waals surface area (Å²) < 4.78 is 5.32. The fraction of sp³-hybridized carbons (Fsp3) is 0.381. The van der Waals surface area contributed by atoms with Crippen LogP contribution in [-0.2, 0) is 11.3 Å². The van der Waals surface area contributed by atoms with Gasteiger partial charge in [0.05, 0.1) is 5.56 Å². The standard InChI is InChI=1S/C21H25N3O4/c1-24(13-15-5-3-2-4-6-15)21(27)18-11-17(12-23-20(18)26)19(25)22-9-7-16-8-10-28-14-16/h2-6,11-12,16H,7-10,13-14H2,1H3,(H,22,25)(H,23,26). The first-order chi connectivity index (χ1) is 13.5. The maximum atomic E-state index is 12.7. The highest BCUT2D eigenvalue weighted by molar-refractivity contribution is 5.99. The zero-order valence-electron chi connectivity index (χ0n) is 15.9. The van der Waals surface area contributed by atoms with Crippen molar-refractivity contribution in [2.24, 2.45) is 5.92 Å². The molecule has 1 fully saturated rings. The number of hydrogen-bond donors (Lipinski definition) is 2. The van der Waals surface area contributed by atoms with E-state index in [0.717, 1.165) is 31.6 Å². The number of rotatable bonds is 7. The van der Waals surface area contributed by atoms with Crippen LogP contribution >= 0.6 is 0 Å². The van der Waals surface area contributed by atoms with Crippen LogP contribution in [0.15, 0.2) is 47.4 Å². The number of ether oxygens (including phenoxy) is 1. The van der Waals surface area contributed by atoms with Gasteiger partial charge >= 0.3 is 0 Å². The average Bonchev–Trinajstić information content (AvgIpc) is 3.22. The van der Waals surface area contributed by atoms with Crippen molar-refractivity contribution in [3.8, 4) is 0 Å². The largest absolute Gasteiger partial charge is 0.381 e. The van der Waals surface area contributed by atoms with Gasteiger partial charge in [-0.15, -0.1) is 0 Å². The number of nitrogens with one attached hydrogen (secondary N) is 2. The van der Waals surface area contributed by atoms with Gasteiger partial charge in [-0.05, 0) is 30.4 Å². The van der Waals surface area contributed by atoms with E-state index in [0.29, 0.717) is 19.0 Å². The van der Waals surface area contributed by atoms with Crippen molar-refractivity contribution in [1.29, 1.82) is 0 Å². The molecule has 2 aromatic rings. The molecule has 1 atom stereocenters. The summed E-state index contributed by atoms with van der Waals surface area (Å²) in [5.41, 5.74) is 0.665. The molecule has 3 rings (SSSR count). The Bertz CT molecular complexity index is 873. The Kier molecular flexibility index (Phi) is 6.60. The lowest BCUT2D eigenvalue weighted by atomic mass is 10.1. The first-order valence-corrected chi connectivity index (χ1v) is 9.42. The molecule has 1 aromatic carbocycles. The molecule has 0 saturated carbocycles. The summed E-state index contributed by atoms with van der Waals surface area (Å²) in [6, 6.07) is 10.9. The monoisotopic (exact) mass is 383 g/mol. The van der Waals surface area contributed by atoms with Crippen LogP contribution < -0.4 is 10.9 Å². The molecule has 0 radical (unpaired) electrons. The Morgan fingerprint density at radius 1 is 1.29 bits per heavy atom. The highest BCUT2D eigenvalue weighted by atomic mass is 16.5. The van der Waals surface area contributed by atoms with E-state index in [4.69, 9.17) is 4.74 Å². The third-order valence-electron chi connectivity index (χ3n) is 4.87. The van der Waals surface area contributed by atoms with E-state index in [9.17, 15) is 14.4 Å². The number of carbonyl (C=O) groups excluding carboxylic acids is 2. The van der Waals surface area contributed by atoms with E-state index in [2.05, 4.69) is 10.3 Å². The van der Waals surface area contributed by atoms with Crippen LogP contribution in [0.1, 0.15) is 39.1 Å². The van der Waals surface area contributed by atoms with Crippen LogP contribution in [0.2, 0.25) is 0 Å². The molecule has 148 valence electrons. The lowest BCUT2D eigenvalue weighted by Crippen LogP contribution is -2.33. The zero-order chi connectivity index (χ0) is 19.9. The predicted molar refractivity (Wildman–Crippen MR) is 105 cm³/mol. The summed E-state index contributed by atoms with van der Waals surface area (Å²) in [5, 5.41) is 2.84. The molecule has 0 spiro atoms. The van der Waals surface area contributed by atoms with E-state index in [1.165, 1.54) is 17.2 Å². The molecule has 0 bridgehead atoms. The second-order valence-corrected chi connectivity index (χ2v) is 7.05. The van der Waals surface area contributed by atoms with Gasteiger partial charge in [-0.3, -0.25) is 14.4 Å². The maximum Gasteiger partial charge on any atom is 0.260 e. The molecule has 2 N–H and O–H groups in total. The summed E-state index contributed by atoms with van der Waals surface area (Å²) in [5.74, 6) is -0.266. The lowest BCUT2D eigenvalue weighted by Gasteiger charge is -2.17. The van der Waals surface area contributed by atoms with E-state index in [-0.39, 0.29) is 17.0 Å². The first kappa shape index (κ1) is 19.8. The van der Waals surface area contributed by atoms with Crippen molar-refractivity contribution in [3.05, 3.63) is 69.6 Å². The number of pyridine rings is 1. The Hall–Kier alpha value is -2.93. The van der Waals surface area contributed by atoms with Crippen molar-refractivity contribution >= 4 is 11.8 Å². The van der Waals surface area contributed by atoms with Crippen molar-refractivity contribution in [1.82, 2.24) is 15.2 Å². The number of aromatic nitrogens is 1. The Morgan fingerprint density at radius 3 is 2.79 bits per heavy atom. The lowest BCUT2D eigenvalue weighted by molar-refractivity contribution is 0.0783. The van der Waals surface area contributed by atoms with E-state index < -0.39 is 11.5 Å². The summed E-state index contributed by atoms with van der Waals surface area (Å²) in [7, 11) is 1.63. The molecule has 0 aliphatic carbocycles. The SMILES string of the molecule is CN(Cc1ccccc1)C(=O)c1cc(C(=O)NCCC2CCOC2)c[nH]c1=O. The molecular formula is C21H25N3O4. The van der Waals surface area contributed by atoms with Gasteiger partial charge in [0.2, 0.25) is 0 Å². The van der Waals surface area contributed by atoms with E-state index in [1.54, 1.807) is 7.05 Å². The van der Waals surface area contributed by atoms with Crippen LogP contribution in [0.3, 0.4) is 0 Å². The normalized spacial score (nSPS) is 16.0. The van der Waals surface area contributed by atoms with Gasteiger partial charge in [-0.1, -0.05) is 30.3 Å². The smallest absolute Gasteiger partial charge is 0.260 e. The van der Waals surface area contributed by atoms with Crippen LogP contribution in [0.4, 0.5) is 0 Å². The number of hydrogen-bond acceptors (Lipinski definition) is 4. The van der Waals surface area contributed by atoms with Crippen molar-refractivity contribution in [3.63, 3.8) is 0 Å². The molecule has 1 saturated heterocycles. The quantitative estimate of drug-likeness (QED) is 0.763. The molecule has 1 aromatic heterocycles. The van der Waals surface area contributed by atoms with Gasteiger partial charge < -0.3 is 19.9 Å². The topological polar surface area (TPSA) is 91.5 Å². The summed E-state index contributed by atoms with van der Waals surface area (Å²) in [6.07, 6.45) is 3.20. The predicted octanol–water partition coefficient (Wildman–Crippen LogP) is 1.80. The summed E-state index contributed by atoms with van der Waals surface area (Å²) in [6.45, 7) is 2.42. The minimum Gasteiger partial charge on any atom is -0.381 e. The molecule has 1 aliphatic heterocycles. The van der Waals surface area contributed by atoms with Crippen molar-refractivity contribution in [2.75, 3.05) is 26.8 Å². The highest BCUT2D eigenvalue weighted by Gasteiger charge is 2.19. The van der Waals surface area contributed by atoms with E-state index in [1.807, 2.05) is 30.3 Å². The Balaban J connectivity index is 1.63. The highest BCUT2D eigenvalue weighted by Crippen LogP contribution is 2.15. The minimum absolute atomic E-state index is 0.0460. The third kappa shape index (κ3) is 5.07. The average molecular weight is 383 g/mol. The molecular weight excluding hydrogens is 358 g/mol. The number of H-pyrrole nitrogens is 1. The van der Waals surface area contributed by atoms with E-state index >= 15 is 0 Å². The van der Waals surface area contributed by atoms with Gasteiger partial charge in [0.25, 0.3) is 17.4 Å². The molecule has 1 aliphatic rings. The van der Waals surface area contributed by atoms with Gasteiger partial charge in [0.1, 0.15) is 5.56 Å². The second-order valence-electron chi connectivity index (χ2n) is 7.05. The Morgan fingerprint density at radius 2 is 2.07 bits per heavy atom. The van der Waals surface area contributed by atoms with Gasteiger partial charge in [-0.25, -0.2) is 0 Å². The molecule has 2 heterocycles. The molecule has 1 unspecified atom stereocenters. The second kappa shape index (κ2) is 9.32. The van der Waals surface area contributed by atoms with Crippen molar-refractivity contribution < 1.29 is 14.3 Å². The number of aromatic amines is 1. The maximum absolute atomic E-state index is 12.7. The number of nitrogens with zero attached hydrogens (tertiary/aromatic N) is 1. The number of amides is 2. The fourth-order valence-corrected chi connectivity index (χ4v) is 3.21. The number of carbonyl (C=O) groups is 2. The number of benzene rings is 1. The van der Waals surface area contributed by atoms with Gasteiger partial charge in [0, 0.05) is 39.5 Å². The fourth-order valence-electron chi connectivity index (χ4n) is 3.21. The Labute approximate surface area is 163 Å². The molecule has 28 heavy (non-hydrogen) atoms. The van der Waals surface area contributed by atoms with Crippen LogP contribution in [0.25, 0.3) is 0 Å². The third-order valence-corrected chi connectivity index (χ3v) is 4.87. The minimum atomic E-state index is -0.510. The summed E-state index contributed by atoms with van der Waals surface area (Å²) >= 11 is 0. The molecule has 7 nitrogen and oxygen atoms in total. The molecule has 2 amide bonds. The van der Waals surface area contributed by atoms with Crippen LogP contribution in [-0.4, -0.2) is 48.5 Å². The van der Waals surface area contributed by atoms with Crippen LogP contribution in [0, 0.1) is 5.92 Å². The van der Waals surface area contributed by atoms with Gasteiger partial charge in [0.15, 0.2) is 0 Å².